The van der Waals surface area contributed by atoms with E-state index in [1.165, 1.54) is 6.08 Å². The second kappa shape index (κ2) is 17.8. The van der Waals surface area contributed by atoms with Gasteiger partial charge in [0.2, 0.25) is 5.91 Å². The van der Waals surface area contributed by atoms with Crippen molar-refractivity contribution in [1.29, 1.82) is 0 Å². The number of carbonyl (C=O) groups excluding carboxylic acids is 2. The Hall–Kier alpha value is -2.77. The van der Waals surface area contributed by atoms with Crippen LogP contribution in [-0.2, 0) is 38.0 Å². The second-order valence-electron chi connectivity index (χ2n) is 13.7. The maximum Gasteiger partial charge on any atom is 0.410 e. The summed E-state index contributed by atoms with van der Waals surface area (Å²) < 4.78 is 35.7. The Kier molecular flexibility index (Phi) is 14.1. The van der Waals surface area contributed by atoms with Gasteiger partial charge in [-0.1, -0.05) is 30.7 Å². The summed E-state index contributed by atoms with van der Waals surface area (Å²) in [4.78, 5) is 38.2. The van der Waals surface area contributed by atoms with E-state index in [0.29, 0.717) is 39.1 Å². The third kappa shape index (κ3) is 11.1. The Morgan fingerprint density at radius 2 is 1.83 bits per heavy atom. The molecule has 12 nitrogen and oxygen atoms in total. The van der Waals surface area contributed by atoms with E-state index in [-0.39, 0.29) is 42.6 Å². The molecule has 4 saturated heterocycles. The maximum absolute atomic E-state index is 12.7. The lowest BCUT2D eigenvalue weighted by Crippen LogP contribution is -2.53. The Balaban J connectivity index is 1.27. The number of carbonyl (C=O) groups is 3. The van der Waals surface area contributed by atoms with Crippen LogP contribution in [0.15, 0.2) is 36.0 Å². The van der Waals surface area contributed by atoms with Crippen LogP contribution >= 0.6 is 0 Å². The van der Waals surface area contributed by atoms with E-state index in [9.17, 15) is 19.5 Å². The minimum Gasteiger partial charge on any atom is -0.481 e. The molecule has 1 spiro atoms. The fourth-order valence-corrected chi connectivity index (χ4v) is 6.79. The third-order valence-electron chi connectivity index (χ3n) is 9.58. The summed E-state index contributed by atoms with van der Waals surface area (Å²) in [6, 6.07) is -0.139. The van der Waals surface area contributed by atoms with Crippen LogP contribution in [0.5, 0.6) is 0 Å². The van der Waals surface area contributed by atoms with E-state index in [1.54, 1.807) is 17.9 Å². The van der Waals surface area contributed by atoms with Crippen LogP contribution in [0.25, 0.3) is 0 Å². The highest BCUT2D eigenvalue weighted by molar-refractivity contribution is 5.87. The largest absolute Gasteiger partial charge is 0.481 e. The van der Waals surface area contributed by atoms with Crippen molar-refractivity contribution in [2.75, 3.05) is 26.3 Å². The van der Waals surface area contributed by atoms with Gasteiger partial charge in [0.15, 0.2) is 6.29 Å². The molecule has 4 fully saturated rings. The van der Waals surface area contributed by atoms with E-state index >= 15 is 0 Å². The number of rotatable bonds is 14. The molecule has 12 heteroatoms. The predicted octanol–water partition coefficient (Wildman–Crippen LogP) is 4.91. The Bertz CT molecular complexity index is 1180. The maximum atomic E-state index is 12.7. The number of nitrogens with zero attached hydrogens (tertiary/aromatic N) is 1. The molecule has 2 N–H and O–H groups in total. The van der Waals surface area contributed by atoms with E-state index in [2.05, 4.69) is 18.3 Å². The molecular formula is C36H56N2O10. The smallest absolute Gasteiger partial charge is 0.410 e. The Morgan fingerprint density at radius 3 is 2.50 bits per heavy atom. The van der Waals surface area contributed by atoms with Gasteiger partial charge in [-0.15, -0.1) is 0 Å². The van der Waals surface area contributed by atoms with Gasteiger partial charge >= 0.3 is 12.1 Å². The lowest BCUT2D eigenvalue weighted by Gasteiger charge is -2.40. The van der Waals surface area contributed by atoms with Crippen molar-refractivity contribution in [3.8, 4) is 0 Å². The lowest BCUT2D eigenvalue weighted by molar-refractivity contribution is -0.227. The summed E-state index contributed by atoms with van der Waals surface area (Å²) in [7, 11) is 0. The molecule has 4 heterocycles. The number of carboxylic acid groups (broad SMARTS) is 1. The minimum absolute atomic E-state index is 0.0154. The quantitative estimate of drug-likeness (QED) is 0.113. The molecule has 4 aliphatic rings. The highest BCUT2D eigenvalue weighted by atomic mass is 16.7. The van der Waals surface area contributed by atoms with Crippen LogP contribution in [0, 0.1) is 5.92 Å². The monoisotopic (exact) mass is 676 g/mol. The number of allylic oxidation sites excluding steroid dienone is 2. The summed E-state index contributed by atoms with van der Waals surface area (Å²) in [5.74, 6) is -0.947. The topological polar surface area (TPSA) is 145 Å². The zero-order valence-electron chi connectivity index (χ0n) is 29.4. The van der Waals surface area contributed by atoms with E-state index in [1.807, 2.05) is 39.8 Å². The lowest BCUT2D eigenvalue weighted by atomic mass is 9.87. The van der Waals surface area contributed by atoms with Gasteiger partial charge in [0.05, 0.1) is 37.4 Å². The molecule has 270 valence electrons. The van der Waals surface area contributed by atoms with E-state index in [4.69, 9.17) is 28.4 Å². The standard InChI is InChI=1S/C36H56N2O10/c1-7-43-27(6)47-34-31(48-28(20-33(40)41)21-36(34)22-44-36)15-12-23(2)11-14-30-24(3)19-29(26(5)46-30)37-32(39)16-13-25(4)45-35(42)38-17-9-8-10-18-38/h11-13,15-16,24-31,34H,7-10,14,17-22H2,1-6H3,(H,37,39)(H,40,41)/t24-,25-,26+,27?,28+,29+,30-,31+,34+,36+/m0/s1. The van der Waals surface area contributed by atoms with Gasteiger partial charge in [0.1, 0.15) is 23.9 Å². The van der Waals surface area contributed by atoms with Crippen LogP contribution < -0.4 is 5.32 Å². The summed E-state index contributed by atoms with van der Waals surface area (Å²) >= 11 is 0. The van der Waals surface area contributed by atoms with Crippen molar-refractivity contribution in [2.24, 2.45) is 5.92 Å². The number of aliphatic carboxylic acids is 1. The number of hydrogen-bond acceptors (Lipinski definition) is 9. The van der Waals surface area contributed by atoms with Crippen molar-refractivity contribution in [1.82, 2.24) is 10.2 Å². The van der Waals surface area contributed by atoms with Crippen LogP contribution in [0.2, 0.25) is 0 Å². The normalized spacial score (nSPS) is 33.9. The highest BCUT2D eigenvalue weighted by Gasteiger charge is 2.60. The number of ether oxygens (including phenoxy) is 6. The molecule has 0 aromatic rings. The molecule has 1 unspecified atom stereocenters. The predicted molar refractivity (Wildman–Crippen MR) is 178 cm³/mol. The van der Waals surface area contributed by atoms with Crippen molar-refractivity contribution >= 4 is 18.0 Å². The van der Waals surface area contributed by atoms with Crippen molar-refractivity contribution in [2.45, 2.75) is 141 Å². The average Bonchev–Trinajstić information content (AvgIpc) is 3.81. The van der Waals surface area contributed by atoms with Crippen LogP contribution in [0.4, 0.5) is 4.79 Å². The van der Waals surface area contributed by atoms with Gasteiger partial charge in [-0.3, -0.25) is 9.59 Å². The Morgan fingerprint density at radius 1 is 1.10 bits per heavy atom. The molecule has 4 aliphatic heterocycles. The van der Waals surface area contributed by atoms with Crippen molar-refractivity contribution in [3.05, 3.63) is 36.0 Å². The van der Waals surface area contributed by atoms with Gasteiger partial charge in [0, 0.05) is 32.2 Å². The number of hydrogen-bond donors (Lipinski definition) is 2. The second-order valence-corrected chi connectivity index (χ2v) is 13.7. The summed E-state index contributed by atoms with van der Waals surface area (Å²) in [6.07, 6.45) is 11.1. The van der Waals surface area contributed by atoms with Gasteiger partial charge in [0.25, 0.3) is 0 Å². The first kappa shape index (κ1) is 38.0. The van der Waals surface area contributed by atoms with Gasteiger partial charge in [-0.25, -0.2) is 4.79 Å². The molecule has 0 bridgehead atoms. The van der Waals surface area contributed by atoms with Gasteiger partial charge < -0.3 is 43.7 Å². The molecule has 10 atom stereocenters. The first-order chi connectivity index (χ1) is 22.9. The van der Waals surface area contributed by atoms with Crippen molar-refractivity contribution in [3.63, 3.8) is 0 Å². The minimum atomic E-state index is -0.911. The highest BCUT2D eigenvalue weighted by Crippen LogP contribution is 2.45. The molecule has 0 aromatic heterocycles. The van der Waals surface area contributed by atoms with E-state index in [0.717, 1.165) is 31.3 Å². The molecule has 2 amide bonds. The molecular weight excluding hydrogens is 620 g/mol. The first-order valence-electron chi connectivity index (χ1n) is 17.6. The molecule has 0 saturated carbocycles. The molecule has 0 radical (unpaired) electrons. The van der Waals surface area contributed by atoms with Crippen LogP contribution in [-0.4, -0.2) is 109 Å². The Labute approximate surface area is 285 Å². The van der Waals surface area contributed by atoms with Gasteiger partial charge in [-0.05, 0) is 78.7 Å². The fraction of sp³-hybridized carbons (Fsp3) is 0.750. The first-order valence-corrected chi connectivity index (χ1v) is 17.6. The molecule has 0 aromatic carbocycles. The van der Waals surface area contributed by atoms with Crippen LogP contribution in [0.3, 0.4) is 0 Å². The van der Waals surface area contributed by atoms with Gasteiger partial charge in [-0.2, -0.15) is 0 Å². The number of piperidine rings is 1. The zero-order chi connectivity index (χ0) is 34.8. The average molecular weight is 677 g/mol. The van der Waals surface area contributed by atoms with Crippen LogP contribution in [0.1, 0.15) is 86.5 Å². The number of nitrogens with one attached hydrogen (secondary N) is 1. The molecule has 48 heavy (non-hydrogen) atoms. The van der Waals surface area contributed by atoms with Crippen molar-refractivity contribution < 1.29 is 47.9 Å². The SMILES string of the molecule is CCOC(C)O[C@@H]1[C@@H](C=CC(C)=CC[C@@H]2O[C@H](C)[C@H](NC(=O)C=C[C@H](C)OC(=O)N3CCCCC3)C[C@@H]2C)O[C@H](CC(=O)O)C[C@@]12CO2. The number of carboxylic acids is 1. The molecule has 0 aliphatic carbocycles. The van der Waals surface area contributed by atoms with E-state index < -0.39 is 42.3 Å². The third-order valence-corrected chi connectivity index (χ3v) is 9.58. The summed E-state index contributed by atoms with van der Waals surface area (Å²) in [5.41, 5.74) is 0.442. The molecule has 4 rings (SSSR count). The summed E-state index contributed by atoms with van der Waals surface area (Å²) in [5, 5.41) is 12.4. The fourth-order valence-electron chi connectivity index (χ4n) is 6.79. The number of amides is 2. The number of epoxide rings is 1. The summed E-state index contributed by atoms with van der Waals surface area (Å²) in [6.45, 7) is 14.0. The number of likely N-dealkylation sites (tertiary alicyclic amines) is 1. The zero-order valence-corrected chi connectivity index (χ0v) is 29.4.